The number of hydrogen-bond donors (Lipinski definition) is 0. The van der Waals surface area contributed by atoms with Gasteiger partial charge in [-0.05, 0) is 95.8 Å². The molecule has 10 rings (SSSR count). The highest BCUT2D eigenvalue weighted by atomic mass is 19.4. The molecule has 62 heavy (non-hydrogen) atoms. The van der Waals surface area contributed by atoms with Gasteiger partial charge in [0.15, 0.2) is 0 Å². The summed E-state index contributed by atoms with van der Waals surface area (Å²) in [6, 6.07) is 44.5. The number of hydrogen-bond acceptors (Lipinski definition) is 2. The number of pyridine rings is 1. The number of rotatable bonds is 5. The SMILES string of the molecule is Cc1ccc(-c2ccc3c4ccccc4n(-c4cncc(-n5c6ccccc6c6ccc(-c7ccc(C(F)(F)F)cc7C(F)(F)F)cc65)c4-c4cccc(C#N)c4)c3c2)c(C)c1. The van der Waals surface area contributed by atoms with Gasteiger partial charge in [-0.2, -0.15) is 31.6 Å². The number of nitriles is 1. The highest BCUT2D eigenvalue weighted by Gasteiger charge is 2.38. The Morgan fingerprint density at radius 3 is 1.63 bits per heavy atom. The summed E-state index contributed by atoms with van der Waals surface area (Å²) in [5.41, 5.74) is 7.42. The first-order chi connectivity index (χ1) is 29.8. The van der Waals surface area contributed by atoms with Crippen LogP contribution in [0.2, 0.25) is 0 Å². The monoisotopic (exact) mass is 826 g/mol. The topological polar surface area (TPSA) is 46.5 Å². The molecule has 0 spiro atoms. The van der Waals surface area contributed by atoms with Gasteiger partial charge in [-0.15, -0.1) is 0 Å². The number of alkyl halides is 6. The Kier molecular flexibility index (Phi) is 8.85. The Labute approximate surface area is 351 Å². The van der Waals surface area contributed by atoms with E-state index in [-0.39, 0.29) is 17.2 Å². The second-order valence-electron chi connectivity index (χ2n) is 15.5. The molecule has 10 aromatic rings. The van der Waals surface area contributed by atoms with Crippen LogP contribution in [0, 0.1) is 25.2 Å². The van der Waals surface area contributed by atoms with Crippen LogP contribution in [0.3, 0.4) is 0 Å². The molecule has 0 saturated carbocycles. The van der Waals surface area contributed by atoms with Crippen LogP contribution in [-0.2, 0) is 12.4 Å². The molecular formula is C52H32F6N4. The Morgan fingerprint density at radius 2 is 1.06 bits per heavy atom. The summed E-state index contributed by atoms with van der Waals surface area (Å²) in [5, 5.41) is 13.7. The van der Waals surface area contributed by atoms with Gasteiger partial charge in [0.25, 0.3) is 0 Å². The van der Waals surface area contributed by atoms with Crippen LogP contribution < -0.4 is 0 Å². The molecule has 0 bridgehead atoms. The molecule has 0 unspecified atom stereocenters. The third kappa shape index (κ3) is 6.28. The Morgan fingerprint density at radius 1 is 0.500 bits per heavy atom. The number of halogens is 6. The van der Waals surface area contributed by atoms with Crippen LogP contribution in [0.25, 0.3) is 88.4 Å². The lowest BCUT2D eigenvalue weighted by molar-refractivity contribution is -0.142. The number of aryl methyl sites for hydroxylation is 2. The van der Waals surface area contributed by atoms with Crippen LogP contribution in [0.1, 0.15) is 27.8 Å². The fourth-order valence-corrected chi connectivity index (χ4v) is 8.96. The van der Waals surface area contributed by atoms with Crippen molar-refractivity contribution in [3.05, 3.63) is 186 Å². The maximum atomic E-state index is 14.6. The van der Waals surface area contributed by atoms with Crippen molar-refractivity contribution in [1.29, 1.82) is 5.26 Å². The van der Waals surface area contributed by atoms with Crippen molar-refractivity contribution in [2.24, 2.45) is 0 Å². The largest absolute Gasteiger partial charge is 0.417 e. The van der Waals surface area contributed by atoms with Crippen molar-refractivity contribution in [2.75, 3.05) is 0 Å². The Hall–Kier alpha value is -7.64. The van der Waals surface area contributed by atoms with Gasteiger partial charge in [-0.25, -0.2) is 0 Å². The van der Waals surface area contributed by atoms with Gasteiger partial charge in [0.1, 0.15) is 0 Å². The van der Waals surface area contributed by atoms with Crippen molar-refractivity contribution in [1.82, 2.24) is 14.1 Å². The normalized spacial score (nSPS) is 12.2. The lowest BCUT2D eigenvalue weighted by Gasteiger charge is -2.20. The Balaban J connectivity index is 1.30. The minimum absolute atomic E-state index is 0.0843. The molecule has 0 N–H and O–H groups in total. The predicted molar refractivity (Wildman–Crippen MR) is 233 cm³/mol. The average molecular weight is 827 g/mol. The number of nitrogens with zero attached hydrogens (tertiary/aromatic N) is 4. The van der Waals surface area contributed by atoms with Gasteiger partial charge in [-0.3, -0.25) is 4.98 Å². The molecule has 0 amide bonds. The second-order valence-corrected chi connectivity index (χ2v) is 15.5. The van der Waals surface area contributed by atoms with E-state index in [2.05, 4.69) is 66.9 Å². The molecule has 0 aliphatic heterocycles. The van der Waals surface area contributed by atoms with E-state index in [1.807, 2.05) is 53.1 Å². The van der Waals surface area contributed by atoms with Crippen molar-refractivity contribution >= 4 is 43.6 Å². The molecule has 3 aromatic heterocycles. The van der Waals surface area contributed by atoms with Gasteiger partial charge < -0.3 is 9.13 Å². The quantitative estimate of drug-likeness (QED) is 0.162. The summed E-state index contributed by atoms with van der Waals surface area (Å²) in [5.74, 6) is 0. The average Bonchev–Trinajstić information content (AvgIpc) is 3.77. The summed E-state index contributed by atoms with van der Waals surface area (Å²) in [6.45, 7) is 4.15. The van der Waals surface area contributed by atoms with Crippen LogP contribution in [0.5, 0.6) is 0 Å². The lowest BCUT2D eigenvalue weighted by Crippen LogP contribution is -2.12. The highest BCUT2D eigenvalue weighted by molar-refractivity contribution is 6.13. The minimum Gasteiger partial charge on any atom is -0.307 e. The van der Waals surface area contributed by atoms with Crippen LogP contribution in [0.15, 0.2) is 158 Å². The van der Waals surface area contributed by atoms with E-state index < -0.39 is 23.5 Å². The summed E-state index contributed by atoms with van der Waals surface area (Å²) in [4.78, 5) is 4.85. The maximum absolute atomic E-state index is 14.6. The molecule has 0 aliphatic rings. The summed E-state index contributed by atoms with van der Waals surface area (Å²) in [6.07, 6.45) is -6.56. The molecule has 0 radical (unpaired) electrons. The van der Waals surface area contributed by atoms with Gasteiger partial charge in [0.2, 0.25) is 0 Å². The summed E-state index contributed by atoms with van der Waals surface area (Å²) in [7, 11) is 0. The van der Waals surface area contributed by atoms with Crippen LogP contribution in [-0.4, -0.2) is 14.1 Å². The molecule has 7 aromatic carbocycles. The molecule has 3 heterocycles. The number of para-hydroxylation sites is 2. The van der Waals surface area contributed by atoms with Crippen molar-refractivity contribution < 1.29 is 26.3 Å². The molecule has 0 atom stereocenters. The van der Waals surface area contributed by atoms with Gasteiger partial charge in [0.05, 0.1) is 68.6 Å². The highest BCUT2D eigenvalue weighted by Crippen LogP contribution is 2.45. The standard InChI is InChI=1S/C52H32F6N4/c1-30-14-18-37(31(2)22-30)33-15-19-41-39-10-3-5-12-44(39)61(46(41)24-33)48-28-60-29-49(50(48)35-9-7-8-32(23-35)27-59)62-45-13-6-4-11-40(45)42-20-16-34(25-47(42)62)38-21-17-36(51(53,54)55)26-43(38)52(56,57)58/h3-26,28-29H,1-2H3. The van der Waals surface area contributed by atoms with Crippen molar-refractivity contribution in [3.63, 3.8) is 0 Å². The van der Waals surface area contributed by atoms with Crippen LogP contribution in [0.4, 0.5) is 26.3 Å². The molecular weight excluding hydrogens is 795 g/mol. The van der Waals surface area contributed by atoms with E-state index in [4.69, 9.17) is 4.98 Å². The maximum Gasteiger partial charge on any atom is 0.417 e. The molecule has 10 heteroatoms. The lowest BCUT2D eigenvalue weighted by atomic mass is 9.96. The van der Waals surface area contributed by atoms with E-state index in [0.29, 0.717) is 45.0 Å². The first-order valence-electron chi connectivity index (χ1n) is 19.7. The van der Waals surface area contributed by atoms with Gasteiger partial charge in [0, 0.05) is 27.1 Å². The van der Waals surface area contributed by atoms with Crippen molar-refractivity contribution in [3.8, 4) is 50.8 Å². The molecule has 4 nitrogen and oxygen atoms in total. The first kappa shape index (κ1) is 38.6. The zero-order chi connectivity index (χ0) is 43.1. The van der Waals surface area contributed by atoms with Gasteiger partial charge >= 0.3 is 12.4 Å². The molecule has 302 valence electrons. The van der Waals surface area contributed by atoms with Crippen molar-refractivity contribution in [2.45, 2.75) is 26.2 Å². The fraction of sp³-hybridized carbons (Fsp3) is 0.0769. The van der Waals surface area contributed by atoms with Gasteiger partial charge in [-0.1, -0.05) is 103 Å². The third-order valence-electron chi connectivity index (χ3n) is 11.7. The van der Waals surface area contributed by atoms with E-state index in [9.17, 15) is 31.6 Å². The summed E-state index contributed by atoms with van der Waals surface area (Å²) >= 11 is 0. The van der Waals surface area contributed by atoms with E-state index >= 15 is 0 Å². The number of fused-ring (bicyclic) bond motifs is 6. The first-order valence-corrected chi connectivity index (χ1v) is 19.7. The van der Waals surface area contributed by atoms with E-state index in [0.717, 1.165) is 61.0 Å². The fourth-order valence-electron chi connectivity index (χ4n) is 8.96. The summed E-state index contributed by atoms with van der Waals surface area (Å²) < 4.78 is 89.0. The van der Waals surface area contributed by atoms with Crippen LogP contribution >= 0.6 is 0 Å². The minimum atomic E-state index is -5.07. The zero-order valence-electron chi connectivity index (χ0n) is 33.1. The Bertz CT molecular complexity index is 3490. The molecule has 0 saturated heterocycles. The number of aromatic nitrogens is 3. The van der Waals surface area contributed by atoms with E-state index in [1.54, 1.807) is 42.7 Å². The molecule has 0 aliphatic carbocycles. The smallest absolute Gasteiger partial charge is 0.307 e. The molecule has 0 fully saturated rings. The zero-order valence-corrected chi connectivity index (χ0v) is 33.1. The predicted octanol–water partition coefficient (Wildman–Crippen LogP) is 14.8. The second kappa shape index (κ2) is 14.2. The number of benzene rings is 7. The third-order valence-corrected chi connectivity index (χ3v) is 11.7. The van der Waals surface area contributed by atoms with E-state index in [1.165, 1.54) is 6.07 Å².